The van der Waals surface area contributed by atoms with Crippen LogP contribution in [0.2, 0.25) is 0 Å². The smallest absolute Gasteiger partial charge is 0.0370 e. The van der Waals surface area contributed by atoms with E-state index in [4.69, 9.17) is 5.73 Å². The van der Waals surface area contributed by atoms with Gasteiger partial charge < -0.3 is 10.3 Å². The van der Waals surface area contributed by atoms with Gasteiger partial charge in [0.2, 0.25) is 0 Å². The topological polar surface area (TPSA) is 30.9 Å². The SMILES string of the molecule is Cn1ccc(C(C)(C)N)c1C(C)(C)C. The maximum absolute atomic E-state index is 6.15. The Labute approximate surface area is 87.1 Å². The second-order valence-corrected chi connectivity index (χ2v) is 5.66. The van der Waals surface area contributed by atoms with E-state index in [1.807, 2.05) is 0 Å². The third kappa shape index (κ3) is 2.01. The van der Waals surface area contributed by atoms with Crippen LogP contribution < -0.4 is 5.73 Å². The Hall–Kier alpha value is -0.760. The molecule has 0 bridgehead atoms. The van der Waals surface area contributed by atoms with Crippen LogP contribution in [0, 0.1) is 0 Å². The van der Waals surface area contributed by atoms with Crippen LogP contribution in [0.25, 0.3) is 0 Å². The van der Waals surface area contributed by atoms with E-state index in [0.29, 0.717) is 0 Å². The summed E-state index contributed by atoms with van der Waals surface area (Å²) >= 11 is 0. The summed E-state index contributed by atoms with van der Waals surface area (Å²) in [5.41, 5.74) is 8.60. The van der Waals surface area contributed by atoms with Crippen molar-refractivity contribution in [3.05, 3.63) is 23.5 Å². The van der Waals surface area contributed by atoms with E-state index in [-0.39, 0.29) is 11.0 Å². The Kier molecular flexibility index (Phi) is 2.53. The predicted octanol–water partition coefficient (Wildman–Crippen LogP) is 2.52. The lowest BCUT2D eigenvalue weighted by Crippen LogP contribution is -2.32. The number of aromatic nitrogens is 1. The number of rotatable bonds is 1. The molecule has 2 nitrogen and oxygen atoms in total. The lowest BCUT2D eigenvalue weighted by Gasteiger charge is -2.28. The third-order valence-electron chi connectivity index (χ3n) is 2.48. The Morgan fingerprint density at radius 2 is 1.64 bits per heavy atom. The number of aryl methyl sites for hydroxylation is 1. The van der Waals surface area contributed by atoms with Crippen LogP contribution in [0.15, 0.2) is 12.3 Å². The molecule has 1 heterocycles. The van der Waals surface area contributed by atoms with Crippen LogP contribution in [-0.2, 0) is 18.0 Å². The van der Waals surface area contributed by atoms with Gasteiger partial charge in [-0.2, -0.15) is 0 Å². The average molecular weight is 194 g/mol. The van der Waals surface area contributed by atoms with E-state index < -0.39 is 0 Å². The van der Waals surface area contributed by atoms with Gasteiger partial charge in [-0.25, -0.2) is 0 Å². The molecule has 0 spiro atoms. The van der Waals surface area contributed by atoms with Gasteiger partial charge in [-0.15, -0.1) is 0 Å². The lowest BCUT2D eigenvalue weighted by atomic mass is 9.83. The van der Waals surface area contributed by atoms with Gasteiger partial charge in [0.15, 0.2) is 0 Å². The quantitative estimate of drug-likeness (QED) is 0.731. The fraction of sp³-hybridized carbons (Fsp3) is 0.667. The van der Waals surface area contributed by atoms with Gasteiger partial charge in [0.1, 0.15) is 0 Å². The highest BCUT2D eigenvalue weighted by molar-refractivity contribution is 5.33. The molecule has 0 aliphatic rings. The highest BCUT2D eigenvalue weighted by Crippen LogP contribution is 2.31. The molecule has 0 amide bonds. The molecule has 1 aromatic rings. The van der Waals surface area contributed by atoms with Crippen molar-refractivity contribution >= 4 is 0 Å². The summed E-state index contributed by atoms with van der Waals surface area (Å²) in [6.07, 6.45) is 2.09. The molecule has 0 aliphatic carbocycles. The second-order valence-electron chi connectivity index (χ2n) is 5.66. The lowest BCUT2D eigenvalue weighted by molar-refractivity contribution is 0.489. The van der Waals surface area contributed by atoms with Crippen molar-refractivity contribution in [2.24, 2.45) is 12.8 Å². The van der Waals surface area contributed by atoms with Crippen LogP contribution in [0.1, 0.15) is 45.9 Å². The normalized spacial score (nSPS) is 13.4. The van der Waals surface area contributed by atoms with Gasteiger partial charge in [-0.3, -0.25) is 0 Å². The molecule has 0 unspecified atom stereocenters. The van der Waals surface area contributed by atoms with Gasteiger partial charge in [0.25, 0.3) is 0 Å². The van der Waals surface area contributed by atoms with Crippen molar-refractivity contribution < 1.29 is 0 Å². The van der Waals surface area contributed by atoms with Gasteiger partial charge >= 0.3 is 0 Å². The summed E-state index contributed by atoms with van der Waals surface area (Å²) < 4.78 is 2.17. The molecule has 0 fully saturated rings. The fourth-order valence-electron chi connectivity index (χ4n) is 1.98. The van der Waals surface area contributed by atoms with Crippen molar-refractivity contribution in [3.63, 3.8) is 0 Å². The molecule has 0 saturated heterocycles. The summed E-state index contributed by atoms with van der Waals surface area (Å²) in [6, 6.07) is 2.13. The van der Waals surface area contributed by atoms with E-state index in [9.17, 15) is 0 Å². The minimum absolute atomic E-state index is 0.143. The van der Waals surface area contributed by atoms with E-state index in [1.54, 1.807) is 0 Å². The summed E-state index contributed by atoms with van der Waals surface area (Å²) in [7, 11) is 2.08. The molecule has 0 atom stereocenters. The zero-order valence-electron chi connectivity index (χ0n) is 10.2. The minimum Gasteiger partial charge on any atom is -0.354 e. The summed E-state index contributed by atoms with van der Waals surface area (Å²) in [6.45, 7) is 10.8. The first-order valence-corrected chi connectivity index (χ1v) is 5.09. The molecule has 0 aliphatic heterocycles. The van der Waals surface area contributed by atoms with Gasteiger partial charge in [0, 0.05) is 29.9 Å². The van der Waals surface area contributed by atoms with Gasteiger partial charge in [-0.05, 0) is 25.5 Å². The summed E-state index contributed by atoms with van der Waals surface area (Å²) in [5, 5.41) is 0. The van der Waals surface area contributed by atoms with Crippen LogP contribution >= 0.6 is 0 Å². The van der Waals surface area contributed by atoms with Crippen molar-refractivity contribution in [2.75, 3.05) is 0 Å². The molecule has 0 radical (unpaired) electrons. The average Bonchev–Trinajstić information content (AvgIpc) is 2.27. The molecule has 0 saturated carbocycles. The zero-order valence-corrected chi connectivity index (χ0v) is 10.2. The maximum atomic E-state index is 6.15. The molecule has 80 valence electrons. The second kappa shape index (κ2) is 3.13. The van der Waals surface area contributed by atoms with Crippen molar-refractivity contribution in [3.8, 4) is 0 Å². The summed E-state index contributed by atoms with van der Waals surface area (Å²) in [4.78, 5) is 0. The molecule has 14 heavy (non-hydrogen) atoms. The van der Waals surface area contributed by atoms with Crippen LogP contribution in [0.3, 0.4) is 0 Å². The largest absolute Gasteiger partial charge is 0.354 e. The number of hydrogen-bond donors (Lipinski definition) is 1. The molecule has 2 N–H and O–H groups in total. The molecule has 1 aromatic heterocycles. The van der Waals surface area contributed by atoms with E-state index >= 15 is 0 Å². The highest BCUT2D eigenvalue weighted by atomic mass is 15.0. The van der Waals surface area contributed by atoms with Gasteiger partial charge in [-0.1, -0.05) is 20.8 Å². The Morgan fingerprint density at radius 3 is 1.93 bits per heavy atom. The van der Waals surface area contributed by atoms with Crippen molar-refractivity contribution in [1.29, 1.82) is 0 Å². The van der Waals surface area contributed by atoms with Crippen LogP contribution in [-0.4, -0.2) is 4.57 Å². The first kappa shape index (κ1) is 11.3. The molecule has 0 aromatic carbocycles. The highest BCUT2D eigenvalue weighted by Gasteiger charge is 2.27. The Morgan fingerprint density at radius 1 is 1.14 bits per heavy atom. The van der Waals surface area contributed by atoms with E-state index in [2.05, 4.69) is 58.5 Å². The minimum atomic E-state index is -0.260. The van der Waals surface area contributed by atoms with Gasteiger partial charge in [0.05, 0.1) is 0 Å². The molecule has 1 rings (SSSR count). The monoisotopic (exact) mass is 194 g/mol. The van der Waals surface area contributed by atoms with Crippen molar-refractivity contribution in [1.82, 2.24) is 4.57 Å². The van der Waals surface area contributed by atoms with Crippen molar-refractivity contribution in [2.45, 2.75) is 45.6 Å². The molecular formula is C12H22N2. The first-order valence-electron chi connectivity index (χ1n) is 5.09. The van der Waals surface area contributed by atoms with Crippen LogP contribution in [0.4, 0.5) is 0 Å². The maximum Gasteiger partial charge on any atom is 0.0370 e. The fourth-order valence-corrected chi connectivity index (χ4v) is 1.98. The standard InChI is InChI=1S/C12H22N2/c1-11(2,3)10-9(12(4,5)13)7-8-14(10)6/h7-8H,13H2,1-6H3. The van der Waals surface area contributed by atoms with E-state index in [1.165, 1.54) is 11.3 Å². The third-order valence-corrected chi connectivity index (χ3v) is 2.48. The zero-order chi connectivity index (χ0) is 11.1. The Bertz CT molecular complexity index is 321. The number of nitrogens with two attached hydrogens (primary N) is 1. The summed E-state index contributed by atoms with van der Waals surface area (Å²) in [5.74, 6) is 0. The Balaban J connectivity index is 3.35. The first-order chi connectivity index (χ1) is 6.14. The number of nitrogens with zero attached hydrogens (tertiary/aromatic N) is 1. The number of hydrogen-bond acceptors (Lipinski definition) is 1. The predicted molar refractivity (Wildman–Crippen MR) is 61.3 cm³/mol. The molecular weight excluding hydrogens is 172 g/mol. The van der Waals surface area contributed by atoms with E-state index in [0.717, 1.165) is 0 Å². The van der Waals surface area contributed by atoms with Crippen LogP contribution in [0.5, 0.6) is 0 Å². The molecule has 2 heteroatoms.